The number of hydrogen-bond acceptors (Lipinski definition) is 3. The van der Waals surface area contributed by atoms with Gasteiger partial charge in [0.25, 0.3) is 0 Å². The zero-order valence-corrected chi connectivity index (χ0v) is 39.8. The summed E-state index contributed by atoms with van der Waals surface area (Å²) >= 11 is 0. The Labute approximate surface area is 383 Å². The van der Waals surface area contributed by atoms with Crippen molar-refractivity contribution in [2.75, 3.05) is 6.61 Å². The van der Waals surface area contributed by atoms with Gasteiger partial charge in [-0.05, 0) is 103 Å². The quantitative estimate of drug-likeness (QED) is 0.0423. The molecule has 0 spiro atoms. The van der Waals surface area contributed by atoms with Crippen molar-refractivity contribution in [1.29, 1.82) is 0 Å². The maximum Gasteiger partial charge on any atom is 0.220 e. The monoisotopic (exact) mass is 852 g/mol. The Hall–Kier alpha value is -3.73. The lowest BCUT2D eigenvalue weighted by Gasteiger charge is -2.20. The largest absolute Gasteiger partial charge is 0.394 e. The maximum atomic E-state index is 12.4. The van der Waals surface area contributed by atoms with Crippen LogP contribution in [0.5, 0.6) is 0 Å². The number of carbonyl (C=O) groups is 1. The highest BCUT2D eigenvalue weighted by atomic mass is 16.3. The van der Waals surface area contributed by atoms with Gasteiger partial charge in [-0.2, -0.15) is 0 Å². The molecule has 0 saturated carbocycles. The Morgan fingerprint density at radius 3 is 1.06 bits per heavy atom. The first-order valence-corrected chi connectivity index (χ1v) is 25.0. The average Bonchev–Trinajstić information content (AvgIpc) is 3.28. The van der Waals surface area contributed by atoms with Gasteiger partial charge in [-0.3, -0.25) is 4.79 Å². The maximum absolute atomic E-state index is 12.4. The number of nitrogens with one attached hydrogen (secondary N) is 1. The standard InChI is InChI=1S/C58H93NO3/c1-3-5-7-9-11-13-15-16-17-18-19-20-21-22-23-24-25-26-27-28-29-30-31-32-33-34-35-36-37-38-39-40-41-42-44-46-48-50-52-54-58(62)59-56(55-60)57(61)53-51-49-47-45-43-14-12-10-8-6-4-2/h5,7,11,13,16-17,19-20,22-23,25-26,28-29,31-32,34-35,37-38,40-41,51,53,56-57,60-61H,3-4,6,8-10,12,14-15,18,21,24,27,30,33,36,39,42-50,52,54-55H2,1-2H3,(H,59,62)/b7-5-,13-11-,17-16-,20-19-,23-22-,26-25-,29-28-,32-31-,35-34-,38-37-,41-40-,53-51+. The van der Waals surface area contributed by atoms with Crippen molar-refractivity contribution in [3.05, 3.63) is 146 Å². The lowest BCUT2D eigenvalue weighted by Crippen LogP contribution is -2.45. The van der Waals surface area contributed by atoms with E-state index in [-0.39, 0.29) is 12.5 Å². The van der Waals surface area contributed by atoms with Crippen molar-refractivity contribution < 1.29 is 15.0 Å². The van der Waals surface area contributed by atoms with Crippen molar-refractivity contribution in [2.24, 2.45) is 0 Å². The van der Waals surface area contributed by atoms with Gasteiger partial charge in [-0.1, -0.05) is 230 Å². The molecule has 3 N–H and O–H groups in total. The molecule has 4 heteroatoms. The van der Waals surface area contributed by atoms with Gasteiger partial charge in [-0.25, -0.2) is 0 Å². The van der Waals surface area contributed by atoms with Crippen LogP contribution in [0.4, 0.5) is 0 Å². The molecule has 0 aliphatic carbocycles. The lowest BCUT2D eigenvalue weighted by atomic mass is 10.1. The molecule has 2 unspecified atom stereocenters. The fraction of sp³-hybridized carbons (Fsp3) is 0.569. The molecule has 0 aliphatic heterocycles. The summed E-state index contributed by atoms with van der Waals surface area (Å²) in [5.74, 6) is -0.0916. The van der Waals surface area contributed by atoms with Crippen molar-refractivity contribution in [3.63, 3.8) is 0 Å². The van der Waals surface area contributed by atoms with E-state index in [4.69, 9.17) is 0 Å². The molecular weight excluding hydrogens is 759 g/mol. The number of carbonyl (C=O) groups excluding carboxylic acids is 1. The van der Waals surface area contributed by atoms with Crippen LogP contribution in [0, 0.1) is 0 Å². The van der Waals surface area contributed by atoms with Crippen LogP contribution in [0.1, 0.15) is 194 Å². The Morgan fingerprint density at radius 2 is 0.710 bits per heavy atom. The van der Waals surface area contributed by atoms with E-state index in [9.17, 15) is 15.0 Å². The zero-order valence-electron chi connectivity index (χ0n) is 39.8. The lowest BCUT2D eigenvalue weighted by molar-refractivity contribution is -0.123. The van der Waals surface area contributed by atoms with E-state index in [1.807, 2.05) is 6.08 Å². The van der Waals surface area contributed by atoms with Crippen LogP contribution in [0.15, 0.2) is 146 Å². The average molecular weight is 852 g/mol. The topological polar surface area (TPSA) is 69.6 Å². The van der Waals surface area contributed by atoms with E-state index >= 15 is 0 Å². The third-order valence-corrected chi connectivity index (χ3v) is 10.3. The zero-order chi connectivity index (χ0) is 44.9. The molecule has 0 saturated heterocycles. The third-order valence-electron chi connectivity index (χ3n) is 10.3. The van der Waals surface area contributed by atoms with E-state index in [0.29, 0.717) is 6.42 Å². The molecule has 0 aliphatic rings. The van der Waals surface area contributed by atoms with Gasteiger partial charge >= 0.3 is 0 Å². The van der Waals surface area contributed by atoms with E-state index in [0.717, 1.165) is 109 Å². The minimum atomic E-state index is -0.856. The summed E-state index contributed by atoms with van der Waals surface area (Å²) in [7, 11) is 0. The number of unbranched alkanes of at least 4 members (excludes halogenated alkanes) is 14. The summed E-state index contributed by atoms with van der Waals surface area (Å²) in [5, 5.41) is 22.9. The van der Waals surface area contributed by atoms with Gasteiger partial charge in [0.1, 0.15) is 0 Å². The fourth-order valence-corrected chi connectivity index (χ4v) is 6.53. The Morgan fingerprint density at radius 1 is 0.403 bits per heavy atom. The van der Waals surface area contributed by atoms with Crippen LogP contribution in [-0.2, 0) is 4.79 Å². The molecule has 0 heterocycles. The van der Waals surface area contributed by atoms with Gasteiger partial charge in [0.2, 0.25) is 5.91 Å². The Kier molecular flexibility index (Phi) is 48.5. The number of aliphatic hydroxyl groups excluding tert-OH is 2. The molecule has 0 aromatic heterocycles. The fourth-order valence-electron chi connectivity index (χ4n) is 6.53. The molecule has 1 amide bonds. The van der Waals surface area contributed by atoms with Crippen molar-refractivity contribution in [1.82, 2.24) is 5.32 Å². The van der Waals surface area contributed by atoms with Crippen LogP contribution in [0.3, 0.4) is 0 Å². The van der Waals surface area contributed by atoms with Gasteiger partial charge < -0.3 is 15.5 Å². The predicted molar refractivity (Wildman–Crippen MR) is 275 cm³/mol. The summed E-state index contributed by atoms with van der Waals surface area (Å²) in [6, 6.07) is -0.642. The first-order valence-electron chi connectivity index (χ1n) is 25.0. The summed E-state index contributed by atoms with van der Waals surface area (Å²) in [4.78, 5) is 12.4. The Bertz CT molecular complexity index is 1330. The minimum Gasteiger partial charge on any atom is -0.394 e. The molecular formula is C58H93NO3. The van der Waals surface area contributed by atoms with E-state index in [1.54, 1.807) is 6.08 Å². The van der Waals surface area contributed by atoms with Crippen molar-refractivity contribution >= 4 is 5.91 Å². The highest BCUT2D eigenvalue weighted by molar-refractivity contribution is 5.76. The van der Waals surface area contributed by atoms with Gasteiger partial charge in [0.05, 0.1) is 18.8 Å². The van der Waals surface area contributed by atoms with Gasteiger partial charge in [-0.15, -0.1) is 0 Å². The molecule has 0 radical (unpaired) electrons. The molecule has 0 fully saturated rings. The van der Waals surface area contributed by atoms with E-state index in [2.05, 4.69) is 153 Å². The predicted octanol–water partition coefficient (Wildman–Crippen LogP) is 16.5. The molecule has 0 aromatic rings. The first-order chi connectivity index (χ1) is 30.7. The summed E-state index contributed by atoms with van der Waals surface area (Å²) < 4.78 is 0. The number of rotatable bonds is 43. The Balaban J connectivity index is 3.71. The normalized spacial score (nSPS) is 14.2. The summed E-state index contributed by atoms with van der Waals surface area (Å²) in [6.07, 6.45) is 82.6. The second kappa shape index (κ2) is 51.6. The first kappa shape index (κ1) is 58.3. The summed E-state index contributed by atoms with van der Waals surface area (Å²) in [5.41, 5.74) is 0. The van der Waals surface area contributed by atoms with E-state index in [1.165, 1.54) is 64.2 Å². The van der Waals surface area contributed by atoms with Crippen molar-refractivity contribution in [2.45, 2.75) is 206 Å². The second-order valence-electron chi connectivity index (χ2n) is 16.1. The van der Waals surface area contributed by atoms with Crippen LogP contribution < -0.4 is 5.32 Å². The molecule has 2 atom stereocenters. The summed E-state index contributed by atoms with van der Waals surface area (Å²) in [6.45, 7) is 4.15. The number of hydrogen-bond donors (Lipinski definition) is 3. The van der Waals surface area contributed by atoms with Crippen molar-refractivity contribution in [3.8, 4) is 0 Å². The number of amides is 1. The number of allylic oxidation sites excluding steroid dienone is 23. The molecule has 4 nitrogen and oxygen atoms in total. The smallest absolute Gasteiger partial charge is 0.220 e. The second-order valence-corrected chi connectivity index (χ2v) is 16.1. The molecule has 0 aromatic carbocycles. The highest BCUT2D eigenvalue weighted by Crippen LogP contribution is 2.12. The van der Waals surface area contributed by atoms with Gasteiger partial charge in [0, 0.05) is 6.42 Å². The molecule has 348 valence electrons. The molecule has 62 heavy (non-hydrogen) atoms. The minimum absolute atomic E-state index is 0.0916. The molecule has 0 rings (SSSR count). The molecule has 0 bridgehead atoms. The van der Waals surface area contributed by atoms with E-state index < -0.39 is 12.1 Å². The SMILES string of the molecule is CC/C=C\C/C=C\C/C=C\C/C=C\C/C=C\C/C=C\C/C=C\C/C=C\C/C=C\C/C=C\C/C=C\CCCCCCCC(=O)NC(CO)C(O)/C=C/CCCCCCCCCCC. The van der Waals surface area contributed by atoms with Crippen LogP contribution in [-0.4, -0.2) is 34.9 Å². The number of aliphatic hydroxyl groups is 2. The van der Waals surface area contributed by atoms with Gasteiger partial charge in [0.15, 0.2) is 0 Å². The third kappa shape index (κ3) is 47.3. The van der Waals surface area contributed by atoms with Crippen LogP contribution in [0.25, 0.3) is 0 Å². The highest BCUT2D eigenvalue weighted by Gasteiger charge is 2.17. The van der Waals surface area contributed by atoms with Crippen LogP contribution in [0.2, 0.25) is 0 Å². The van der Waals surface area contributed by atoms with Crippen LogP contribution >= 0.6 is 0 Å².